The largest absolute Gasteiger partial charge is 0.453 e. The zero-order valence-electron chi connectivity index (χ0n) is 11.3. The average molecular weight is 257 g/mol. The van der Waals surface area contributed by atoms with Gasteiger partial charge in [-0.3, -0.25) is 9.78 Å². The van der Waals surface area contributed by atoms with Crippen molar-refractivity contribution < 1.29 is 9.21 Å². The highest BCUT2D eigenvalue weighted by Crippen LogP contribution is 2.22. The Hall–Kier alpha value is -1.90. The number of carbonyl (C=O) groups is 1. The highest BCUT2D eigenvalue weighted by molar-refractivity contribution is 5.93. The molecule has 0 amide bonds. The van der Waals surface area contributed by atoms with Gasteiger partial charge in [-0.25, -0.2) is 0 Å². The Morgan fingerprint density at radius 3 is 2.84 bits per heavy atom. The first-order chi connectivity index (χ1) is 9.31. The Kier molecular flexibility index (Phi) is 4.90. The molecule has 0 radical (unpaired) electrons. The second kappa shape index (κ2) is 6.88. The minimum atomic E-state index is 0.0891. The summed E-state index contributed by atoms with van der Waals surface area (Å²) in [6.45, 7) is 2.16. The molecular weight excluding hydrogens is 238 g/mol. The van der Waals surface area contributed by atoms with Crippen LogP contribution in [-0.4, -0.2) is 10.8 Å². The van der Waals surface area contributed by atoms with Gasteiger partial charge in [0.05, 0.1) is 0 Å². The fraction of sp³-hybridized carbons (Fsp3) is 0.375. The fourth-order valence-electron chi connectivity index (χ4n) is 1.99. The maximum absolute atomic E-state index is 11.9. The first-order valence-electron chi connectivity index (χ1n) is 6.84. The van der Waals surface area contributed by atoms with Gasteiger partial charge in [-0.05, 0) is 30.7 Å². The molecule has 0 aliphatic heterocycles. The Morgan fingerprint density at radius 2 is 2.11 bits per heavy atom. The van der Waals surface area contributed by atoms with Crippen molar-refractivity contribution in [2.75, 3.05) is 0 Å². The Balaban J connectivity index is 1.95. The van der Waals surface area contributed by atoms with Crippen molar-refractivity contribution in [2.24, 2.45) is 0 Å². The molecule has 3 heteroatoms. The minimum Gasteiger partial charge on any atom is -0.453 e. The number of hydrogen-bond acceptors (Lipinski definition) is 3. The molecule has 0 aromatic carbocycles. The van der Waals surface area contributed by atoms with Crippen molar-refractivity contribution in [3.8, 4) is 11.3 Å². The topological polar surface area (TPSA) is 43.1 Å². The SMILES string of the molecule is CCCCCCC(=O)c1ccc(-c2cccnc2)o1. The molecule has 0 atom stereocenters. The monoisotopic (exact) mass is 257 g/mol. The summed E-state index contributed by atoms with van der Waals surface area (Å²) >= 11 is 0. The highest BCUT2D eigenvalue weighted by atomic mass is 16.3. The lowest BCUT2D eigenvalue weighted by Gasteiger charge is -1.98. The quantitative estimate of drug-likeness (QED) is 0.542. The third-order valence-corrected chi connectivity index (χ3v) is 3.08. The van der Waals surface area contributed by atoms with Crippen LogP contribution in [0.5, 0.6) is 0 Å². The third-order valence-electron chi connectivity index (χ3n) is 3.08. The number of hydrogen-bond donors (Lipinski definition) is 0. The molecule has 0 fully saturated rings. The smallest absolute Gasteiger partial charge is 0.198 e. The van der Waals surface area contributed by atoms with E-state index in [1.165, 1.54) is 12.8 Å². The van der Waals surface area contributed by atoms with E-state index in [0.29, 0.717) is 17.9 Å². The van der Waals surface area contributed by atoms with Crippen LogP contribution in [0.1, 0.15) is 49.6 Å². The number of Topliss-reactive ketones (excluding diaryl/α,β-unsaturated/α-hetero) is 1. The summed E-state index contributed by atoms with van der Waals surface area (Å²) in [6.07, 6.45) is 8.43. The van der Waals surface area contributed by atoms with Crippen LogP contribution in [0.15, 0.2) is 41.1 Å². The van der Waals surface area contributed by atoms with Crippen LogP contribution < -0.4 is 0 Å². The summed E-state index contributed by atoms with van der Waals surface area (Å²) in [5, 5.41) is 0. The van der Waals surface area contributed by atoms with Crippen LogP contribution in [0.4, 0.5) is 0 Å². The van der Waals surface area contributed by atoms with E-state index in [1.54, 1.807) is 18.5 Å². The number of unbranched alkanes of at least 4 members (excludes halogenated alkanes) is 3. The molecule has 0 unspecified atom stereocenters. The highest BCUT2D eigenvalue weighted by Gasteiger charge is 2.11. The van der Waals surface area contributed by atoms with Crippen LogP contribution in [-0.2, 0) is 0 Å². The molecule has 0 aliphatic carbocycles. The fourth-order valence-corrected chi connectivity index (χ4v) is 1.99. The average Bonchev–Trinajstić information content (AvgIpc) is 2.94. The van der Waals surface area contributed by atoms with Gasteiger partial charge in [-0.1, -0.05) is 26.2 Å². The van der Waals surface area contributed by atoms with Gasteiger partial charge in [0.15, 0.2) is 11.5 Å². The third kappa shape index (κ3) is 3.78. The molecule has 0 N–H and O–H groups in total. The van der Waals surface area contributed by atoms with Gasteiger partial charge >= 0.3 is 0 Å². The number of furan rings is 1. The van der Waals surface area contributed by atoms with Crippen molar-refractivity contribution in [1.82, 2.24) is 4.98 Å². The van der Waals surface area contributed by atoms with E-state index in [1.807, 2.05) is 18.2 Å². The van der Waals surface area contributed by atoms with E-state index in [-0.39, 0.29) is 5.78 Å². The second-order valence-corrected chi connectivity index (χ2v) is 4.64. The van der Waals surface area contributed by atoms with Gasteiger partial charge in [-0.15, -0.1) is 0 Å². The van der Waals surface area contributed by atoms with Crippen LogP contribution >= 0.6 is 0 Å². The van der Waals surface area contributed by atoms with Gasteiger partial charge in [0.25, 0.3) is 0 Å². The van der Waals surface area contributed by atoms with Crippen molar-refractivity contribution in [3.05, 3.63) is 42.4 Å². The lowest BCUT2D eigenvalue weighted by atomic mass is 10.1. The van der Waals surface area contributed by atoms with Gasteiger partial charge in [0, 0.05) is 24.4 Å². The maximum atomic E-state index is 11.9. The minimum absolute atomic E-state index is 0.0891. The Bertz CT molecular complexity index is 517. The Labute approximate surface area is 113 Å². The zero-order valence-corrected chi connectivity index (χ0v) is 11.3. The van der Waals surface area contributed by atoms with Gasteiger partial charge in [0.1, 0.15) is 5.76 Å². The van der Waals surface area contributed by atoms with E-state index in [9.17, 15) is 4.79 Å². The predicted molar refractivity (Wildman–Crippen MR) is 75.0 cm³/mol. The van der Waals surface area contributed by atoms with E-state index >= 15 is 0 Å². The van der Waals surface area contributed by atoms with Crippen LogP contribution in [0.3, 0.4) is 0 Å². The maximum Gasteiger partial charge on any atom is 0.198 e. The van der Waals surface area contributed by atoms with Gasteiger partial charge < -0.3 is 4.42 Å². The van der Waals surface area contributed by atoms with Crippen molar-refractivity contribution in [2.45, 2.75) is 39.0 Å². The standard InChI is InChI=1S/C16H19NO2/c1-2-3-4-5-8-14(18)16-10-9-15(19-16)13-7-6-11-17-12-13/h6-7,9-12H,2-5,8H2,1H3. The number of rotatable bonds is 7. The molecule has 0 aliphatic rings. The second-order valence-electron chi connectivity index (χ2n) is 4.64. The summed E-state index contributed by atoms with van der Waals surface area (Å²) in [4.78, 5) is 16.0. The molecule has 0 saturated carbocycles. The zero-order chi connectivity index (χ0) is 13.5. The number of aromatic nitrogens is 1. The normalized spacial score (nSPS) is 10.6. The van der Waals surface area contributed by atoms with E-state index < -0.39 is 0 Å². The summed E-state index contributed by atoms with van der Waals surface area (Å²) in [5.41, 5.74) is 0.896. The van der Waals surface area contributed by atoms with Crippen LogP contribution in [0.25, 0.3) is 11.3 Å². The van der Waals surface area contributed by atoms with E-state index in [2.05, 4.69) is 11.9 Å². The van der Waals surface area contributed by atoms with Gasteiger partial charge in [0.2, 0.25) is 0 Å². The molecule has 100 valence electrons. The lowest BCUT2D eigenvalue weighted by Crippen LogP contribution is -1.96. The molecule has 0 spiro atoms. The molecule has 0 bridgehead atoms. The summed E-state index contributed by atoms with van der Waals surface area (Å²) < 4.78 is 5.60. The van der Waals surface area contributed by atoms with E-state index in [4.69, 9.17) is 4.42 Å². The molecule has 2 aromatic rings. The van der Waals surface area contributed by atoms with Crippen molar-refractivity contribution >= 4 is 5.78 Å². The summed E-state index contributed by atoms with van der Waals surface area (Å²) in [6, 6.07) is 7.35. The lowest BCUT2D eigenvalue weighted by molar-refractivity contribution is 0.0953. The summed E-state index contributed by atoms with van der Waals surface area (Å²) in [7, 11) is 0. The number of ketones is 1. The first-order valence-corrected chi connectivity index (χ1v) is 6.84. The molecule has 0 saturated heterocycles. The number of nitrogens with zero attached hydrogens (tertiary/aromatic N) is 1. The van der Waals surface area contributed by atoms with Gasteiger partial charge in [-0.2, -0.15) is 0 Å². The van der Waals surface area contributed by atoms with Crippen LogP contribution in [0, 0.1) is 0 Å². The number of carbonyl (C=O) groups excluding carboxylic acids is 1. The molecule has 2 heterocycles. The summed E-state index contributed by atoms with van der Waals surface area (Å²) in [5.74, 6) is 1.24. The van der Waals surface area contributed by atoms with Crippen molar-refractivity contribution in [3.63, 3.8) is 0 Å². The predicted octanol–water partition coefficient (Wildman–Crippen LogP) is 4.49. The molecule has 2 rings (SSSR count). The molecule has 3 nitrogen and oxygen atoms in total. The Morgan fingerprint density at radius 1 is 1.21 bits per heavy atom. The molecule has 19 heavy (non-hydrogen) atoms. The number of pyridine rings is 1. The first kappa shape index (κ1) is 13.5. The van der Waals surface area contributed by atoms with E-state index in [0.717, 1.165) is 18.4 Å². The molecular formula is C16H19NO2. The van der Waals surface area contributed by atoms with Crippen LogP contribution in [0.2, 0.25) is 0 Å². The van der Waals surface area contributed by atoms with Crippen molar-refractivity contribution in [1.29, 1.82) is 0 Å². The molecule has 2 aromatic heterocycles.